The lowest BCUT2D eigenvalue weighted by atomic mass is 10.1. The normalized spacial score (nSPS) is 14.8. The number of alkyl halides is 3. The van der Waals surface area contributed by atoms with E-state index < -0.39 is 39.1 Å². The topological polar surface area (TPSA) is 120 Å². The van der Waals surface area contributed by atoms with Gasteiger partial charge in [-0.15, -0.1) is 10.2 Å². The molecule has 1 fully saturated rings. The van der Waals surface area contributed by atoms with Gasteiger partial charge in [-0.3, -0.25) is 9.69 Å². The molecule has 4 rings (SSSR count). The minimum absolute atomic E-state index is 0.0666. The quantitative estimate of drug-likeness (QED) is 0.266. The van der Waals surface area contributed by atoms with Gasteiger partial charge in [0, 0.05) is 79.8 Å². The number of piperazine rings is 1. The third kappa shape index (κ3) is 8.84. The van der Waals surface area contributed by atoms with Gasteiger partial charge in [0.1, 0.15) is 21.5 Å². The van der Waals surface area contributed by atoms with Gasteiger partial charge >= 0.3 is 6.18 Å². The summed E-state index contributed by atoms with van der Waals surface area (Å²) in [5, 5.41) is 12.1. The van der Waals surface area contributed by atoms with Crippen molar-refractivity contribution in [3.05, 3.63) is 71.4 Å². The number of hydrogen-bond donors (Lipinski definition) is 2. The molecule has 0 aliphatic carbocycles. The second-order valence-corrected chi connectivity index (χ2v) is 12.2. The molecule has 224 valence electrons. The zero-order valence-electron chi connectivity index (χ0n) is 22.2. The van der Waals surface area contributed by atoms with Crippen molar-refractivity contribution in [1.82, 2.24) is 25.0 Å². The van der Waals surface area contributed by atoms with Crippen molar-refractivity contribution < 1.29 is 30.8 Å². The molecule has 1 aliphatic heterocycles. The van der Waals surface area contributed by atoms with Gasteiger partial charge in [-0.05, 0) is 30.3 Å². The second-order valence-electron chi connectivity index (χ2n) is 9.48. The highest BCUT2D eigenvalue weighted by atomic mass is 35.5. The predicted octanol–water partition coefficient (Wildman–Crippen LogP) is 4.21. The molecule has 0 spiro atoms. The maximum atomic E-state index is 14.3. The third-order valence-corrected chi connectivity index (χ3v) is 7.34. The number of sulfone groups is 1. The standard InChI is InChI=1S/C26H26ClF4N7O3S/c1-42(40,41)13-12-38-10-8-37(9-11-38)7-5-24(39)34-23-15-18(4-6-32-23)33-22-16-21(35-36-25(22)26(29,30)31)19-14-17(27)2-3-20(19)28/h2-7,14-16H,8-13H2,1H3,(H2,32,33,34,35,39). The Morgan fingerprint density at radius 2 is 1.83 bits per heavy atom. The summed E-state index contributed by atoms with van der Waals surface area (Å²) in [5.74, 6) is -1.10. The van der Waals surface area contributed by atoms with Gasteiger partial charge in [0.05, 0.1) is 17.1 Å². The number of carbonyl (C=O) groups is 1. The highest BCUT2D eigenvalue weighted by Crippen LogP contribution is 2.36. The SMILES string of the molecule is CS(=O)(=O)CCN1CCN(C=CC(=O)Nc2cc(Nc3cc(-c4cc(Cl)ccc4F)nnc3C(F)(F)F)ccn2)CC1. The fourth-order valence-electron chi connectivity index (χ4n) is 4.03. The van der Waals surface area contributed by atoms with E-state index in [2.05, 4.69) is 25.8 Å². The zero-order valence-corrected chi connectivity index (χ0v) is 23.8. The van der Waals surface area contributed by atoms with E-state index in [1.165, 1.54) is 42.8 Å². The minimum Gasteiger partial charge on any atom is -0.375 e. The molecule has 10 nitrogen and oxygen atoms in total. The Kier molecular flexibility index (Phi) is 9.64. The van der Waals surface area contributed by atoms with Crippen LogP contribution in [-0.2, 0) is 20.8 Å². The molecule has 3 aromatic rings. The summed E-state index contributed by atoms with van der Waals surface area (Å²) < 4.78 is 78.1. The Balaban J connectivity index is 1.42. The van der Waals surface area contributed by atoms with Gasteiger partial charge in [0.2, 0.25) is 0 Å². The van der Waals surface area contributed by atoms with Crippen LogP contribution in [0.25, 0.3) is 11.3 Å². The van der Waals surface area contributed by atoms with E-state index in [9.17, 15) is 30.8 Å². The summed E-state index contributed by atoms with van der Waals surface area (Å²) in [6.45, 7) is 2.95. The van der Waals surface area contributed by atoms with Crippen LogP contribution < -0.4 is 10.6 Å². The second kappa shape index (κ2) is 13.0. The molecule has 16 heteroatoms. The number of rotatable bonds is 9. The lowest BCUT2D eigenvalue weighted by molar-refractivity contribution is -0.141. The van der Waals surface area contributed by atoms with Crippen molar-refractivity contribution >= 4 is 44.5 Å². The number of hydrogen-bond acceptors (Lipinski definition) is 9. The molecular formula is C26H26ClF4N7O3S. The number of anilines is 3. The number of benzene rings is 1. The Bertz CT molecular complexity index is 1580. The molecule has 0 atom stereocenters. The first-order chi connectivity index (χ1) is 19.8. The average Bonchev–Trinajstić information content (AvgIpc) is 2.92. The maximum absolute atomic E-state index is 14.3. The summed E-state index contributed by atoms with van der Waals surface area (Å²) >= 11 is 5.92. The highest BCUT2D eigenvalue weighted by molar-refractivity contribution is 7.90. The summed E-state index contributed by atoms with van der Waals surface area (Å²) in [6, 6.07) is 7.31. The fourth-order valence-corrected chi connectivity index (χ4v) is 4.79. The van der Waals surface area contributed by atoms with Crippen molar-refractivity contribution in [1.29, 1.82) is 0 Å². The van der Waals surface area contributed by atoms with Crippen LogP contribution in [0.15, 0.2) is 54.9 Å². The fraction of sp³-hybridized carbons (Fsp3) is 0.308. The van der Waals surface area contributed by atoms with E-state index in [0.717, 1.165) is 12.1 Å². The number of nitrogens with one attached hydrogen (secondary N) is 2. The molecule has 2 aromatic heterocycles. The Morgan fingerprint density at radius 1 is 1.10 bits per heavy atom. The van der Waals surface area contributed by atoms with Gasteiger partial charge in [0.25, 0.3) is 5.91 Å². The molecule has 3 heterocycles. The lowest BCUT2D eigenvalue weighted by Gasteiger charge is -2.33. The van der Waals surface area contributed by atoms with Crippen molar-refractivity contribution in [2.75, 3.05) is 55.4 Å². The van der Waals surface area contributed by atoms with E-state index in [-0.39, 0.29) is 33.5 Å². The summed E-state index contributed by atoms with van der Waals surface area (Å²) in [6.07, 6.45) is 0.530. The molecule has 0 saturated carbocycles. The Labute approximate surface area is 244 Å². The van der Waals surface area contributed by atoms with Crippen molar-refractivity contribution in [3.63, 3.8) is 0 Å². The first kappa shape index (κ1) is 31.1. The average molecular weight is 628 g/mol. The van der Waals surface area contributed by atoms with Crippen molar-refractivity contribution in [2.24, 2.45) is 0 Å². The summed E-state index contributed by atoms with van der Waals surface area (Å²) in [4.78, 5) is 20.5. The Hall–Kier alpha value is -3.82. The lowest BCUT2D eigenvalue weighted by Crippen LogP contribution is -2.45. The minimum atomic E-state index is -4.87. The van der Waals surface area contributed by atoms with E-state index in [1.807, 2.05) is 9.80 Å². The smallest absolute Gasteiger partial charge is 0.375 e. The van der Waals surface area contributed by atoms with Gasteiger partial charge in [-0.1, -0.05) is 11.6 Å². The molecule has 1 amide bonds. The highest BCUT2D eigenvalue weighted by Gasteiger charge is 2.37. The van der Waals surface area contributed by atoms with E-state index >= 15 is 0 Å². The molecule has 42 heavy (non-hydrogen) atoms. The molecular weight excluding hydrogens is 602 g/mol. The number of amides is 1. The van der Waals surface area contributed by atoms with Gasteiger partial charge in [-0.25, -0.2) is 17.8 Å². The first-order valence-corrected chi connectivity index (χ1v) is 15.0. The van der Waals surface area contributed by atoms with E-state index in [4.69, 9.17) is 11.6 Å². The van der Waals surface area contributed by atoms with Crippen LogP contribution in [0.3, 0.4) is 0 Å². The first-order valence-electron chi connectivity index (χ1n) is 12.5. The van der Waals surface area contributed by atoms with Crippen LogP contribution in [0, 0.1) is 5.82 Å². The van der Waals surface area contributed by atoms with Crippen LogP contribution in [0.4, 0.5) is 34.8 Å². The summed E-state index contributed by atoms with van der Waals surface area (Å²) in [7, 11) is -3.04. The van der Waals surface area contributed by atoms with Crippen molar-refractivity contribution in [3.8, 4) is 11.3 Å². The van der Waals surface area contributed by atoms with E-state index in [1.54, 1.807) is 6.20 Å². The number of nitrogens with zero attached hydrogens (tertiary/aromatic N) is 5. The molecule has 0 bridgehead atoms. The largest absolute Gasteiger partial charge is 0.437 e. The molecule has 2 N–H and O–H groups in total. The predicted molar refractivity (Wildman–Crippen MR) is 150 cm³/mol. The van der Waals surface area contributed by atoms with Crippen LogP contribution in [0.2, 0.25) is 5.02 Å². The number of pyridine rings is 1. The number of halogens is 5. The van der Waals surface area contributed by atoms with Crippen molar-refractivity contribution in [2.45, 2.75) is 6.18 Å². The molecule has 0 radical (unpaired) electrons. The van der Waals surface area contributed by atoms with Crippen LogP contribution in [0.1, 0.15) is 5.69 Å². The van der Waals surface area contributed by atoms with Crippen LogP contribution in [-0.4, -0.2) is 84.0 Å². The maximum Gasteiger partial charge on any atom is 0.437 e. The number of aromatic nitrogens is 3. The van der Waals surface area contributed by atoms with Gasteiger partial charge < -0.3 is 15.5 Å². The van der Waals surface area contributed by atoms with Gasteiger partial charge in [0.15, 0.2) is 5.69 Å². The van der Waals surface area contributed by atoms with Gasteiger partial charge in [-0.2, -0.15) is 13.2 Å². The number of carbonyl (C=O) groups excluding carboxylic acids is 1. The Morgan fingerprint density at radius 3 is 2.52 bits per heavy atom. The molecule has 1 aliphatic rings. The molecule has 1 aromatic carbocycles. The molecule has 1 saturated heterocycles. The monoisotopic (exact) mass is 627 g/mol. The van der Waals surface area contributed by atoms with Crippen LogP contribution in [0.5, 0.6) is 0 Å². The summed E-state index contributed by atoms with van der Waals surface area (Å²) in [5.41, 5.74) is -1.97. The third-order valence-electron chi connectivity index (χ3n) is 6.18. The molecule has 0 unspecified atom stereocenters. The van der Waals surface area contributed by atoms with E-state index in [0.29, 0.717) is 32.7 Å². The van der Waals surface area contributed by atoms with Crippen LogP contribution >= 0.6 is 11.6 Å². The zero-order chi connectivity index (χ0) is 30.5.